The molecule has 3 aromatic carbocycles. The lowest BCUT2D eigenvalue weighted by atomic mass is 9.81. The second-order valence-electron chi connectivity index (χ2n) is 7.83. The van der Waals surface area contributed by atoms with E-state index in [1.54, 1.807) is 11.1 Å². The zero-order valence-electron chi connectivity index (χ0n) is 14.4. The molecule has 0 heterocycles. The van der Waals surface area contributed by atoms with E-state index in [9.17, 15) is 0 Å². The zero-order valence-corrected chi connectivity index (χ0v) is 14.4. The zero-order chi connectivity index (χ0) is 15.9. The van der Waals surface area contributed by atoms with E-state index in [1.807, 2.05) is 0 Å². The molecule has 0 aromatic heterocycles. The summed E-state index contributed by atoms with van der Waals surface area (Å²) in [6, 6.07) is 19.5. The van der Waals surface area contributed by atoms with E-state index in [2.05, 4.69) is 48.5 Å². The van der Waals surface area contributed by atoms with Crippen LogP contribution in [-0.2, 0) is 0 Å². The Morgan fingerprint density at radius 2 is 1.46 bits per heavy atom. The number of rotatable bonds is 2. The Kier molecular flexibility index (Phi) is 3.58. The summed E-state index contributed by atoms with van der Waals surface area (Å²) >= 11 is 0. The number of benzene rings is 3. The van der Waals surface area contributed by atoms with Crippen molar-refractivity contribution in [3.05, 3.63) is 59.7 Å². The highest BCUT2D eigenvalue weighted by Gasteiger charge is 2.27. The molecule has 2 fully saturated rings. The maximum Gasteiger partial charge on any atom is -0.00614 e. The van der Waals surface area contributed by atoms with Gasteiger partial charge in [0.2, 0.25) is 0 Å². The van der Waals surface area contributed by atoms with E-state index in [0.29, 0.717) is 0 Å². The molecule has 24 heavy (non-hydrogen) atoms. The first-order valence-corrected chi connectivity index (χ1v) is 9.78. The first-order valence-electron chi connectivity index (χ1n) is 9.78. The standard InChI is InChI=1S/C24H25/c1-2-8-17(7-1)22-16-15-20-14-13-18-9-5-6-12-21(18)24(20)23(22)19-10-3-4-11-19/h5-6,9,12-14,16-17,19H,1-4,7-8,10-11H2. The molecule has 2 aliphatic carbocycles. The minimum absolute atomic E-state index is 0.767. The SMILES string of the molecule is [c]1cc(C2CCCC2)c(C2CCCC2)c2c1ccc1ccccc12. The van der Waals surface area contributed by atoms with Crippen molar-refractivity contribution >= 4 is 21.5 Å². The Balaban J connectivity index is 1.85. The third-order valence-corrected chi connectivity index (χ3v) is 6.45. The van der Waals surface area contributed by atoms with Crippen LogP contribution in [0.4, 0.5) is 0 Å². The van der Waals surface area contributed by atoms with Crippen LogP contribution < -0.4 is 0 Å². The molecule has 5 rings (SSSR count). The van der Waals surface area contributed by atoms with Gasteiger partial charge in [-0.25, -0.2) is 0 Å². The fourth-order valence-electron chi connectivity index (χ4n) is 5.29. The van der Waals surface area contributed by atoms with E-state index >= 15 is 0 Å². The molecule has 0 amide bonds. The minimum atomic E-state index is 0.767. The molecule has 0 aliphatic heterocycles. The second kappa shape index (κ2) is 5.92. The van der Waals surface area contributed by atoms with Gasteiger partial charge in [0.05, 0.1) is 0 Å². The summed E-state index contributed by atoms with van der Waals surface area (Å²) in [5.74, 6) is 1.55. The average Bonchev–Trinajstić information content (AvgIpc) is 3.34. The minimum Gasteiger partial charge on any atom is -0.0616 e. The molecule has 0 bridgehead atoms. The topological polar surface area (TPSA) is 0 Å². The molecule has 2 aliphatic rings. The van der Waals surface area contributed by atoms with Gasteiger partial charge in [0, 0.05) is 0 Å². The molecule has 0 unspecified atom stereocenters. The first-order chi connectivity index (χ1) is 11.9. The summed E-state index contributed by atoms with van der Waals surface area (Å²) in [5.41, 5.74) is 3.34. The summed E-state index contributed by atoms with van der Waals surface area (Å²) in [4.78, 5) is 0. The van der Waals surface area contributed by atoms with Gasteiger partial charge < -0.3 is 0 Å². The molecular weight excluding hydrogens is 288 g/mol. The summed E-state index contributed by atoms with van der Waals surface area (Å²) in [5, 5.41) is 5.65. The van der Waals surface area contributed by atoms with Gasteiger partial charge in [0.1, 0.15) is 0 Å². The quantitative estimate of drug-likeness (QED) is 0.442. The van der Waals surface area contributed by atoms with Crippen LogP contribution in [0.15, 0.2) is 42.5 Å². The van der Waals surface area contributed by atoms with E-state index in [4.69, 9.17) is 0 Å². The van der Waals surface area contributed by atoms with Crippen molar-refractivity contribution in [2.24, 2.45) is 0 Å². The van der Waals surface area contributed by atoms with Crippen LogP contribution in [-0.4, -0.2) is 0 Å². The smallest absolute Gasteiger partial charge is 0.00614 e. The Morgan fingerprint density at radius 3 is 2.25 bits per heavy atom. The van der Waals surface area contributed by atoms with Gasteiger partial charge in [-0.05, 0) is 82.3 Å². The highest BCUT2D eigenvalue weighted by Crippen LogP contribution is 2.46. The van der Waals surface area contributed by atoms with Gasteiger partial charge >= 0.3 is 0 Å². The summed E-state index contributed by atoms with van der Waals surface area (Å²) < 4.78 is 0. The normalized spacial score (nSPS) is 19.7. The lowest BCUT2D eigenvalue weighted by Crippen LogP contribution is -2.04. The van der Waals surface area contributed by atoms with Crippen LogP contribution in [0.3, 0.4) is 0 Å². The molecule has 121 valence electrons. The van der Waals surface area contributed by atoms with Gasteiger partial charge in [0.25, 0.3) is 0 Å². The molecule has 0 N–H and O–H groups in total. The first kappa shape index (κ1) is 14.5. The molecule has 3 aromatic rings. The van der Waals surface area contributed by atoms with Gasteiger partial charge in [-0.3, -0.25) is 0 Å². The van der Waals surface area contributed by atoms with Crippen LogP contribution in [0.25, 0.3) is 21.5 Å². The van der Waals surface area contributed by atoms with Crippen LogP contribution in [0.1, 0.15) is 74.3 Å². The second-order valence-corrected chi connectivity index (χ2v) is 7.83. The maximum atomic E-state index is 3.65. The van der Waals surface area contributed by atoms with E-state index < -0.39 is 0 Å². The maximum absolute atomic E-state index is 3.65. The predicted octanol–water partition coefficient (Wildman–Crippen LogP) is 7.11. The predicted molar refractivity (Wildman–Crippen MR) is 103 cm³/mol. The lowest BCUT2D eigenvalue weighted by molar-refractivity contribution is 0.670. The largest absolute Gasteiger partial charge is 0.0616 e. The highest BCUT2D eigenvalue weighted by atomic mass is 14.3. The average molecular weight is 313 g/mol. The van der Waals surface area contributed by atoms with Crippen molar-refractivity contribution in [2.45, 2.75) is 63.2 Å². The monoisotopic (exact) mass is 313 g/mol. The highest BCUT2D eigenvalue weighted by molar-refractivity contribution is 6.09. The van der Waals surface area contributed by atoms with Gasteiger partial charge in [0.15, 0.2) is 0 Å². The number of hydrogen-bond acceptors (Lipinski definition) is 0. The molecular formula is C24H25. The van der Waals surface area contributed by atoms with Crippen LogP contribution >= 0.6 is 0 Å². The van der Waals surface area contributed by atoms with Crippen molar-refractivity contribution < 1.29 is 0 Å². The summed E-state index contributed by atoms with van der Waals surface area (Å²) in [6.07, 6.45) is 11.1. The third kappa shape index (κ3) is 2.27. The Hall–Kier alpha value is -1.82. The van der Waals surface area contributed by atoms with E-state index in [0.717, 1.165) is 11.8 Å². The summed E-state index contributed by atoms with van der Waals surface area (Å²) in [6.45, 7) is 0. The molecule has 0 spiro atoms. The third-order valence-electron chi connectivity index (χ3n) is 6.45. The molecule has 1 radical (unpaired) electrons. The molecule has 0 saturated heterocycles. The van der Waals surface area contributed by atoms with Crippen molar-refractivity contribution in [1.82, 2.24) is 0 Å². The fourth-order valence-corrected chi connectivity index (χ4v) is 5.29. The summed E-state index contributed by atoms with van der Waals surface area (Å²) in [7, 11) is 0. The van der Waals surface area contributed by atoms with Crippen molar-refractivity contribution in [1.29, 1.82) is 0 Å². The van der Waals surface area contributed by atoms with Crippen molar-refractivity contribution in [3.63, 3.8) is 0 Å². The lowest BCUT2D eigenvalue weighted by Gasteiger charge is -2.23. The van der Waals surface area contributed by atoms with Gasteiger partial charge in [-0.1, -0.05) is 62.1 Å². The molecule has 2 saturated carbocycles. The molecule has 0 atom stereocenters. The van der Waals surface area contributed by atoms with Crippen molar-refractivity contribution in [2.75, 3.05) is 0 Å². The Morgan fingerprint density at radius 1 is 0.750 bits per heavy atom. The van der Waals surface area contributed by atoms with Gasteiger partial charge in [-0.15, -0.1) is 0 Å². The van der Waals surface area contributed by atoms with E-state index in [-0.39, 0.29) is 0 Å². The Labute approximate surface area is 144 Å². The van der Waals surface area contributed by atoms with Crippen LogP contribution in [0.5, 0.6) is 0 Å². The van der Waals surface area contributed by atoms with Crippen LogP contribution in [0.2, 0.25) is 0 Å². The van der Waals surface area contributed by atoms with E-state index in [1.165, 1.54) is 72.9 Å². The fraction of sp³-hybridized carbons (Fsp3) is 0.417. The molecule has 0 nitrogen and oxygen atoms in total. The van der Waals surface area contributed by atoms with Gasteiger partial charge in [-0.2, -0.15) is 0 Å². The van der Waals surface area contributed by atoms with Crippen molar-refractivity contribution in [3.8, 4) is 0 Å². The Bertz CT molecular complexity index is 877. The molecule has 0 heteroatoms. The number of fused-ring (bicyclic) bond motifs is 3. The van der Waals surface area contributed by atoms with Crippen LogP contribution in [0, 0.1) is 6.07 Å². The number of hydrogen-bond donors (Lipinski definition) is 0.